The fourth-order valence-electron chi connectivity index (χ4n) is 1.58. The maximum Gasteiger partial charge on any atom is 0.325 e. The quantitative estimate of drug-likeness (QED) is 0.490. The second-order valence-corrected chi connectivity index (χ2v) is 3.17. The number of hydrogen-bond donors (Lipinski definition) is 2. The predicted octanol–water partition coefficient (Wildman–Crippen LogP) is -1.10. The van der Waals surface area contributed by atoms with Crippen LogP contribution in [0.4, 0.5) is 4.79 Å². The lowest BCUT2D eigenvalue weighted by atomic mass is 9.93. The molecule has 0 saturated carbocycles. The van der Waals surface area contributed by atoms with Crippen LogP contribution in [0.25, 0.3) is 0 Å². The third-order valence-corrected chi connectivity index (χ3v) is 2.42. The number of urea groups is 1. The first-order chi connectivity index (χ1) is 5.69. The van der Waals surface area contributed by atoms with Gasteiger partial charge in [0.05, 0.1) is 0 Å². The van der Waals surface area contributed by atoms with Crippen molar-refractivity contribution in [2.24, 2.45) is 0 Å². The van der Waals surface area contributed by atoms with Crippen LogP contribution < -0.4 is 10.6 Å². The topological polar surface area (TPSA) is 61.4 Å². The molecule has 5 heteroatoms. The Labute approximate surface area is 70.1 Å². The number of carbonyl (C=O) groups excluding carboxylic acids is 2. The average Bonchev–Trinajstić information content (AvgIpc) is 2.22. The van der Waals surface area contributed by atoms with Crippen molar-refractivity contribution < 1.29 is 9.59 Å². The van der Waals surface area contributed by atoms with Crippen molar-refractivity contribution in [3.63, 3.8) is 0 Å². The number of imide groups is 1. The Hall–Kier alpha value is -1.10. The SMILES string of the molecule is CCN1C(=O)NC2(CNC2)C1=O. The minimum Gasteiger partial charge on any atom is -0.321 e. The summed E-state index contributed by atoms with van der Waals surface area (Å²) in [5.41, 5.74) is -0.604. The van der Waals surface area contributed by atoms with Gasteiger partial charge in [0.25, 0.3) is 5.91 Å². The van der Waals surface area contributed by atoms with Crippen LogP contribution in [0.15, 0.2) is 0 Å². The lowest BCUT2D eigenvalue weighted by molar-refractivity contribution is -0.132. The molecule has 66 valence electrons. The van der Waals surface area contributed by atoms with Crippen molar-refractivity contribution in [3.8, 4) is 0 Å². The number of amides is 3. The van der Waals surface area contributed by atoms with Gasteiger partial charge in [-0.1, -0.05) is 0 Å². The highest BCUT2D eigenvalue weighted by atomic mass is 16.2. The van der Waals surface area contributed by atoms with E-state index in [0.717, 1.165) is 0 Å². The van der Waals surface area contributed by atoms with Crippen molar-refractivity contribution in [1.82, 2.24) is 15.5 Å². The maximum atomic E-state index is 11.6. The zero-order chi connectivity index (χ0) is 8.77. The summed E-state index contributed by atoms with van der Waals surface area (Å²) in [5.74, 6) is -0.0891. The van der Waals surface area contributed by atoms with E-state index < -0.39 is 5.54 Å². The highest BCUT2D eigenvalue weighted by Gasteiger charge is 2.54. The summed E-state index contributed by atoms with van der Waals surface area (Å²) < 4.78 is 0. The highest BCUT2D eigenvalue weighted by molar-refractivity contribution is 6.08. The molecular weight excluding hydrogens is 158 g/mol. The standard InChI is InChI=1S/C7H11N3O2/c1-2-10-5(11)7(3-8-4-7)9-6(10)12/h8H,2-4H2,1H3,(H,9,12). The summed E-state index contributed by atoms with van der Waals surface area (Å²) in [6, 6.07) is -0.260. The van der Waals surface area contributed by atoms with Gasteiger partial charge >= 0.3 is 6.03 Å². The van der Waals surface area contributed by atoms with Gasteiger partial charge in [0, 0.05) is 19.6 Å². The van der Waals surface area contributed by atoms with Gasteiger partial charge < -0.3 is 10.6 Å². The monoisotopic (exact) mass is 169 g/mol. The molecule has 2 saturated heterocycles. The van der Waals surface area contributed by atoms with Crippen molar-refractivity contribution in [2.75, 3.05) is 19.6 Å². The molecule has 12 heavy (non-hydrogen) atoms. The summed E-state index contributed by atoms with van der Waals surface area (Å²) in [6.45, 7) is 3.37. The Bertz CT molecular complexity index is 247. The number of hydrogen-bond acceptors (Lipinski definition) is 3. The Morgan fingerprint density at radius 1 is 1.50 bits per heavy atom. The molecule has 0 aromatic rings. The van der Waals surface area contributed by atoms with E-state index in [9.17, 15) is 9.59 Å². The molecule has 2 aliphatic rings. The van der Waals surface area contributed by atoms with E-state index in [0.29, 0.717) is 19.6 Å². The van der Waals surface area contributed by atoms with Crippen LogP contribution in [0.2, 0.25) is 0 Å². The maximum absolute atomic E-state index is 11.6. The summed E-state index contributed by atoms with van der Waals surface area (Å²) in [6.07, 6.45) is 0. The molecule has 0 bridgehead atoms. The van der Waals surface area contributed by atoms with Gasteiger partial charge in [-0.2, -0.15) is 0 Å². The van der Waals surface area contributed by atoms with Crippen molar-refractivity contribution in [3.05, 3.63) is 0 Å². The van der Waals surface area contributed by atoms with Crippen molar-refractivity contribution in [1.29, 1.82) is 0 Å². The lowest BCUT2D eigenvalue weighted by Gasteiger charge is -2.35. The fraction of sp³-hybridized carbons (Fsp3) is 0.714. The van der Waals surface area contributed by atoms with E-state index >= 15 is 0 Å². The Morgan fingerprint density at radius 3 is 2.42 bits per heavy atom. The Kier molecular flexibility index (Phi) is 1.38. The highest BCUT2D eigenvalue weighted by Crippen LogP contribution is 2.21. The second kappa shape index (κ2) is 2.20. The smallest absolute Gasteiger partial charge is 0.321 e. The van der Waals surface area contributed by atoms with Crippen LogP contribution in [-0.2, 0) is 4.79 Å². The van der Waals surface area contributed by atoms with Crippen molar-refractivity contribution >= 4 is 11.9 Å². The van der Waals surface area contributed by atoms with Crippen LogP contribution in [0, 0.1) is 0 Å². The van der Waals surface area contributed by atoms with Crippen LogP contribution in [0.5, 0.6) is 0 Å². The number of rotatable bonds is 1. The van der Waals surface area contributed by atoms with Gasteiger partial charge in [-0.15, -0.1) is 0 Å². The normalized spacial score (nSPS) is 25.9. The Balaban J connectivity index is 2.23. The van der Waals surface area contributed by atoms with Crippen molar-refractivity contribution in [2.45, 2.75) is 12.5 Å². The summed E-state index contributed by atoms with van der Waals surface area (Å²) >= 11 is 0. The molecule has 2 rings (SSSR count). The van der Waals surface area contributed by atoms with Crippen LogP contribution in [-0.4, -0.2) is 42.0 Å². The zero-order valence-electron chi connectivity index (χ0n) is 6.89. The van der Waals surface area contributed by atoms with Gasteiger partial charge in [-0.25, -0.2) is 4.79 Å². The molecule has 0 aromatic heterocycles. The molecule has 0 unspecified atom stereocenters. The zero-order valence-corrected chi connectivity index (χ0v) is 6.89. The fourth-order valence-corrected chi connectivity index (χ4v) is 1.58. The minimum atomic E-state index is -0.604. The molecule has 2 aliphatic heterocycles. The average molecular weight is 169 g/mol. The summed E-state index contributed by atoms with van der Waals surface area (Å²) in [7, 11) is 0. The second-order valence-electron chi connectivity index (χ2n) is 3.17. The van der Waals surface area contributed by atoms with E-state index in [-0.39, 0.29) is 11.9 Å². The van der Waals surface area contributed by atoms with E-state index in [4.69, 9.17) is 0 Å². The molecule has 0 aromatic carbocycles. The number of nitrogens with one attached hydrogen (secondary N) is 2. The third kappa shape index (κ3) is 0.714. The first-order valence-corrected chi connectivity index (χ1v) is 4.04. The van der Waals surface area contributed by atoms with Gasteiger partial charge in [0.1, 0.15) is 5.54 Å². The molecule has 2 N–H and O–H groups in total. The molecule has 0 radical (unpaired) electrons. The van der Waals surface area contributed by atoms with Crippen LogP contribution >= 0.6 is 0 Å². The molecule has 0 atom stereocenters. The largest absolute Gasteiger partial charge is 0.325 e. The van der Waals surface area contributed by atoms with E-state index in [1.54, 1.807) is 6.92 Å². The molecule has 1 spiro atoms. The number of likely N-dealkylation sites (N-methyl/N-ethyl adjacent to an activating group) is 1. The van der Waals surface area contributed by atoms with Gasteiger partial charge in [0.2, 0.25) is 0 Å². The van der Waals surface area contributed by atoms with E-state index in [2.05, 4.69) is 10.6 Å². The Morgan fingerprint density at radius 2 is 2.17 bits per heavy atom. The first-order valence-electron chi connectivity index (χ1n) is 4.04. The number of carbonyl (C=O) groups is 2. The summed E-state index contributed by atoms with van der Waals surface area (Å²) in [5, 5.41) is 5.67. The molecule has 3 amide bonds. The first kappa shape index (κ1) is 7.54. The lowest BCUT2D eigenvalue weighted by Crippen LogP contribution is -2.69. The molecule has 0 aliphatic carbocycles. The molecule has 2 heterocycles. The number of nitrogens with zero attached hydrogens (tertiary/aromatic N) is 1. The van der Waals surface area contributed by atoms with Crippen LogP contribution in [0.1, 0.15) is 6.92 Å². The minimum absolute atomic E-state index is 0.0891. The molecule has 2 fully saturated rings. The van der Waals surface area contributed by atoms with Gasteiger partial charge in [0.15, 0.2) is 0 Å². The van der Waals surface area contributed by atoms with E-state index in [1.807, 2.05) is 0 Å². The predicted molar refractivity (Wildman–Crippen MR) is 41.5 cm³/mol. The van der Waals surface area contributed by atoms with E-state index in [1.165, 1.54) is 4.90 Å². The summed E-state index contributed by atoms with van der Waals surface area (Å²) in [4.78, 5) is 24.0. The molecular formula is C7H11N3O2. The van der Waals surface area contributed by atoms with Crippen LogP contribution in [0.3, 0.4) is 0 Å². The van der Waals surface area contributed by atoms with Gasteiger partial charge in [-0.3, -0.25) is 9.69 Å². The third-order valence-electron chi connectivity index (χ3n) is 2.42. The van der Waals surface area contributed by atoms with Gasteiger partial charge in [-0.05, 0) is 6.92 Å². The molecule has 5 nitrogen and oxygen atoms in total.